The van der Waals surface area contributed by atoms with Crippen LogP contribution in [0.25, 0.3) is 0 Å². The fourth-order valence-corrected chi connectivity index (χ4v) is 3.26. The Morgan fingerprint density at radius 1 is 0.962 bits per heavy atom. The van der Waals surface area contributed by atoms with E-state index in [-0.39, 0.29) is 0 Å². The molecule has 0 saturated heterocycles. The molecule has 0 bridgehead atoms. The minimum absolute atomic E-state index is 0.331. The number of rotatable bonds is 13. The molecule has 0 aliphatic heterocycles. The summed E-state index contributed by atoms with van der Waals surface area (Å²) in [6.45, 7) is 14.9. The Hall–Kier alpha value is -1.12. The predicted octanol–water partition coefficient (Wildman–Crippen LogP) is 6.81. The minimum Gasteiger partial charge on any atom is -0.338 e. The first kappa shape index (κ1) is 22.9. The first-order valence-electron chi connectivity index (χ1n) is 11.0. The SMILES string of the molecule is CCCCc1ccnc(N(CCC(C)(C)C)C(CCCC)CCCC)n1. The molecule has 0 amide bonds. The molecule has 0 N–H and O–H groups in total. The third-order valence-electron chi connectivity index (χ3n) is 5.07. The van der Waals surface area contributed by atoms with Gasteiger partial charge in [0.2, 0.25) is 5.95 Å². The number of hydrogen-bond donors (Lipinski definition) is 0. The number of aryl methyl sites for hydroxylation is 1. The third-order valence-corrected chi connectivity index (χ3v) is 5.07. The summed E-state index contributed by atoms with van der Waals surface area (Å²) in [5.74, 6) is 0.958. The Bertz CT molecular complexity index is 471. The maximum Gasteiger partial charge on any atom is 0.225 e. The van der Waals surface area contributed by atoms with Crippen molar-refractivity contribution in [3.05, 3.63) is 18.0 Å². The van der Waals surface area contributed by atoms with Gasteiger partial charge in [0.05, 0.1) is 0 Å². The second-order valence-electron chi connectivity index (χ2n) is 8.89. The van der Waals surface area contributed by atoms with E-state index in [2.05, 4.69) is 52.5 Å². The fourth-order valence-electron chi connectivity index (χ4n) is 3.26. The highest BCUT2D eigenvalue weighted by Gasteiger charge is 2.23. The molecule has 0 aromatic carbocycles. The molecule has 150 valence electrons. The lowest BCUT2D eigenvalue weighted by molar-refractivity contribution is 0.361. The highest BCUT2D eigenvalue weighted by Crippen LogP contribution is 2.25. The average molecular weight is 362 g/mol. The standard InChI is InChI=1S/C23H43N3/c1-7-10-13-20-16-18-24-22(25-20)26(19-17-23(4,5)6)21(14-11-8-2)15-12-9-3/h16,18,21H,7-15,17,19H2,1-6H3. The molecule has 0 unspecified atom stereocenters. The van der Waals surface area contributed by atoms with Gasteiger partial charge in [-0.2, -0.15) is 0 Å². The monoisotopic (exact) mass is 361 g/mol. The van der Waals surface area contributed by atoms with E-state index in [9.17, 15) is 0 Å². The van der Waals surface area contributed by atoms with Crippen LogP contribution in [0.3, 0.4) is 0 Å². The van der Waals surface area contributed by atoms with Gasteiger partial charge in [0.1, 0.15) is 0 Å². The minimum atomic E-state index is 0.331. The lowest BCUT2D eigenvalue weighted by atomic mass is 9.91. The van der Waals surface area contributed by atoms with E-state index in [4.69, 9.17) is 9.97 Å². The smallest absolute Gasteiger partial charge is 0.225 e. The van der Waals surface area contributed by atoms with Crippen LogP contribution in [-0.2, 0) is 6.42 Å². The zero-order chi connectivity index (χ0) is 19.4. The normalized spacial score (nSPS) is 12.0. The number of aromatic nitrogens is 2. The maximum absolute atomic E-state index is 4.96. The van der Waals surface area contributed by atoms with Crippen LogP contribution in [0, 0.1) is 5.41 Å². The van der Waals surface area contributed by atoms with Crippen LogP contribution in [-0.4, -0.2) is 22.6 Å². The number of anilines is 1. The van der Waals surface area contributed by atoms with E-state index in [1.807, 2.05) is 6.20 Å². The van der Waals surface area contributed by atoms with E-state index in [1.54, 1.807) is 0 Å². The van der Waals surface area contributed by atoms with E-state index >= 15 is 0 Å². The number of hydrogen-bond acceptors (Lipinski definition) is 3. The van der Waals surface area contributed by atoms with Crippen LogP contribution in [0.1, 0.15) is 105 Å². The Morgan fingerprint density at radius 2 is 1.58 bits per heavy atom. The summed E-state index contributed by atoms with van der Waals surface area (Å²) >= 11 is 0. The van der Waals surface area contributed by atoms with E-state index in [0.29, 0.717) is 11.5 Å². The molecule has 26 heavy (non-hydrogen) atoms. The topological polar surface area (TPSA) is 29.0 Å². The van der Waals surface area contributed by atoms with E-state index in [0.717, 1.165) is 18.9 Å². The molecule has 1 rings (SSSR count). The molecular formula is C23H43N3. The van der Waals surface area contributed by atoms with Crippen molar-refractivity contribution in [2.24, 2.45) is 5.41 Å². The third kappa shape index (κ3) is 9.00. The van der Waals surface area contributed by atoms with E-state index < -0.39 is 0 Å². The molecule has 0 fully saturated rings. The summed E-state index contributed by atoms with van der Waals surface area (Å²) in [6, 6.07) is 2.66. The van der Waals surface area contributed by atoms with Crippen LogP contribution in [0.15, 0.2) is 12.3 Å². The van der Waals surface area contributed by atoms with E-state index in [1.165, 1.54) is 63.5 Å². The van der Waals surface area contributed by atoms with Crippen molar-refractivity contribution in [3.63, 3.8) is 0 Å². The summed E-state index contributed by atoms with van der Waals surface area (Å²) < 4.78 is 0. The van der Waals surface area contributed by atoms with Gasteiger partial charge >= 0.3 is 0 Å². The Balaban J connectivity index is 3.03. The van der Waals surface area contributed by atoms with Gasteiger partial charge in [0.25, 0.3) is 0 Å². The molecule has 3 heteroatoms. The van der Waals surface area contributed by atoms with Crippen molar-refractivity contribution in [2.75, 3.05) is 11.4 Å². The molecular weight excluding hydrogens is 318 g/mol. The molecule has 1 aromatic rings. The van der Waals surface area contributed by atoms with Crippen LogP contribution in [0.2, 0.25) is 0 Å². The van der Waals surface area contributed by atoms with Crippen LogP contribution in [0.4, 0.5) is 5.95 Å². The molecule has 0 aliphatic carbocycles. The van der Waals surface area contributed by atoms with Crippen molar-refractivity contribution in [1.29, 1.82) is 0 Å². The summed E-state index contributed by atoms with van der Waals surface area (Å²) in [5, 5.41) is 0. The molecule has 0 aliphatic rings. The first-order chi connectivity index (χ1) is 12.4. The lowest BCUT2D eigenvalue weighted by Crippen LogP contribution is -2.39. The molecule has 3 nitrogen and oxygen atoms in total. The maximum atomic E-state index is 4.96. The molecule has 0 radical (unpaired) electrons. The number of unbranched alkanes of at least 4 members (excludes halogenated alkanes) is 3. The van der Waals surface area contributed by atoms with Gasteiger partial charge in [0, 0.05) is 24.5 Å². The summed E-state index contributed by atoms with van der Waals surface area (Å²) in [6.07, 6.45) is 14.2. The summed E-state index contributed by atoms with van der Waals surface area (Å²) in [4.78, 5) is 12.2. The molecule has 0 atom stereocenters. The molecule has 1 heterocycles. The van der Waals surface area contributed by atoms with Crippen molar-refractivity contribution in [2.45, 2.75) is 112 Å². The molecule has 1 aromatic heterocycles. The van der Waals surface area contributed by atoms with Gasteiger partial charge in [-0.25, -0.2) is 9.97 Å². The second-order valence-corrected chi connectivity index (χ2v) is 8.89. The zero-order valence-electron chi connectivity index (χ0n) is 18.4. The van der Waals surface area contributed by atoms with Crippen LogP contribution < -0.4 is 4.90 Å². The van der Waals surface area contributed by atoms with Crippen LogP contribution in [0.5, 0.6) is 0 Å². The molecule has 0 saturated carbocycles. The van der Waals surface area contributed by atoms with Gasteiger partial charge in [-0.1, -0.05) is 73.6 Å². The Kier molecular flexibility index (Phi) is 10.8. The quantitative estimate of drug-likeness (QED) is 0.386. The summed E-state index contributed by atoms with van der Waals surface area (Å²) in [7, 11) is 0. The molecule has 0 spiro atoms. The average Bonchev–Trinajstić information content (AvgIpc) is 2.61. The van der Waals surface area contributed by atoms with Gasteiger partial charge in [0.15, 0.2) is 0 Å². The lowest BCUT2D eigenvalue weighted by Gasteiger charge is -2.34. The Labute approximate surface area is 163 Å². The van der Waals surface area contributed by atoms with Crippen molar-refractivity contribution >= 4 is 5.95 Å². The first-order valence-corrected chi connectivity index (χ1v) is 11.0. The van der Waals surface area contributed by atoms with Gasteiger partial charge in [-0.3, -0.25) is 0 Å². The van der Waals surface area contributed by atoms with Gasteiger partial charge in [-0.05, 0) is 43.6 Å². The van der Waals surface area contributed by atoms with Crippen molar-refractivity contribution in [3.8, 4) is 0 Å². The zero-order valence-corrected chi connectivity index (χ0v) is 18.4. The second kappa shape index (κ2) is 12.3. The summed E-state index contributed by atoms with van der Waals surface area (Å²) in [5.41, 5.74) is 1.53. The predicted molar refractivity (Wildman–Crippen MR) is 115 cm³/mol. The van der Waals surface area contributed by atoms with Crippen molar-refractivity contribution in [1.82, 2.24) is 9.97 Å². The highest BCUT2D eigenvalue weighted by molar-refractivity contribution is 5.32. The largest absolute Gasteiger partial charge is 0.338 e. The Morgan fingerprint density at radius 3 is 2.12 bits per heavy atom. The van der Waals surface area contributed by atoms with Crippen LogP contribution >= 0.6 is 0 Å². The van der Waals surface area contributed by atoms with Gasteiger partial charge in [-0.15, -0.1) is 0 Å². The fraction of sp³-hybridized carbons (Fsp3) is 0.826. The van der Waals surface area contributed by atoms with Crippen molar-refractivity contribution < 1.29 is 0 Å². The highest BCUT2D eigenvalue weighted by atomic mass is 15.3. The van der Waals surface area contributed by atoms with Gasteiger partial charge < -0.3 is 4.90 Å². The number of nitrogens with zero attached hydrogens (tertiary/aromatic N) is 3.